The lowest BCUT2D eigenvalue weighted by atomic mass is 10.1. The van der Waals surface area contributed by atoms with Crippen LogP contribution in [-0.2, 0) is 6.42 Å². The van der Waals surface area contributed by atoms with E-state index in [-0.39, 0.29) is 11.7 Å². The van der Waals surface area contributed by atoms with Gasteiger partial charge in [0.1, 0.15) is 5.82 Å². The fourth-order valence-corrected chi connectivity index (χ4v) is 1.16. The van der Waals surface area contributed by atoms with Crippen LogP contribution in [0.5, 0.6) is 0 Å². The van der Waals surface area contributed by atoms with Crippen LogP contribution in [0.4, 0.5) is 4.39 Å². The minimum atomic E-state index is -0.601. The van der Waals surface area contributed by atoms with E-state index in [4.69, 9.17) is 0 Å². The smallest absolute Gasteiger partial charge is 0.392 e. The summed E-state index contributed by atoms with van der Waals surface area (Å²) in [4.78, 5) is 10.6. The van der Waals surface area contributed by atoms with Gasteiger partial charge in [-0.15, -0.1) is 5.10 Å². The van der Waals surface area contributed by atoms with Crippen LogP contribution in [0.1, 0.15) is 11.5 Å². The Hall–Kier alpha value is -1.91. The molecule has 0 aliphatic carbocycles. The van der Waals surface area contributed by atoms with Gasteiger partial charge in [0.25, 0.3) is 0 Å². The second-order valence-electron chi connectivity index (χ2n) is 2.81. The van der Waals surface area contributed by atoms with Crippen molar-refractivity contribution in [3.63, 3.8) is 0 Å². The summed E-state index contributed by atoms with van der Waals surface area (Å²) in [5.41, 5.74) is 0.709. The Balaban J connectivity index is 2.22. The molecule has 1 N–H and O–H groups in total. The Kier molecular flexibility index (Phi) is 2.14. The van der Waals surface area contributed by atoms with Crippen LogP contribution in [0.15, 0.2) is 33.5 Å². The third kappa shape index (κ3) is 1.87. The van der Waals surface area contributed by atoms with Gasteiger partial charge in [-0.1, -0.05) is 12.1 Å². The van der Waals surface area contributed by atoms with Gasteiger partial charge >= 0.3 is 5.76 Å². The quantitative estimate of drug-likeness (QED) is 0.778. The molecule has 0 fully saturated rings. The molecule has 4 nitrogen and oxygen atoms in total. The Bertz CT molecular complexity index is 489. The minimum Gasteiger partial charge on any atom is -0.392 e. The molecule has 0 spiro atoms. The van der Waals surface area contributed by atoms with Crippen molar-refractivity contribution >= 4 is 0 Å². The predicted octanol–water partition coefficient (Wildman–Crippen LogP) is 1.09. The molecule has 0 aliphatic heterocycles. The van der Waals surface area contributed by atoms with E-state index in [1.165, 1.54) is 12.1 Å². The summed E-state index contributed by atoms with van der Waals surface area (Å²) in [6, 6.07) is 6.05. The molecule has 0 amide bonds. The van der Waals surface area contributed by atoms with Gasteiger partial charge in [0, 0.05) is 0 Å². The number of aromatic nitrogens is 2. The zero-order chi connectivity index (χ0) is 9.97. The summed E-state index contributed by atoms with van der Waals surface area (Å²) in [6.45, 7) is 0. The Morgan fingerprint density at radius 1 is 1.50 bits per heavy atom. The van der Waals surface area contributed by atoms with E-state index >= 15 is 0 Å². The second kappa shape index (κ2) is 3.45. The number of nitrogens with zero attached hydrogens (tertiary/aromatic N) is 1. The highest BCUT2D eigenvalue weighted by Gasteiger charge is 2.03. The van der Waals surface area contributed by atoms with E-state index in [2.05, 4.69) is 14.6 Å². The summed E-state index contributed by atoms with van der Waals surface area (Å²) < 4.78 is 17.4. The molecule has 0 bridgehead atoms. The summed E-state index contributed by atoms with van der Waals surface area (Å²) in [5.74, 6) is -0.669. The topological polar surface area (TPSA) is 58.9 Å². The number of halogens is 1. The van der Waals surface area contributed by atoms with E-state index in [9.17, 15) is 9.18 Å². The number of hydrogen-bond donors (Lipinski definition) is 1. The maximum atomic E-state index is 12.8. The third-order valence-corrected chi connectivity index (χ3v) is 1.73. The number of hydrogen-bond acceptors (Lipinski definition) is 3. The van der Waals surface area contributed by atoms with Crippen LogP contribution < -0.4 is 5.76 Å². The molecule has 72 valence electrons. The fraction of sp³-hybridized carbons (Fsp3) is 0.111. The SMILES string of the molecule is O=c1[nH]nc(Cc2cccc(F)c2)o1. The maximum Gasteiger partial charge on any atom is 0.434 e. The Morgan fingerprint density at radius 2 is 2.36 bits per heavy atom. The molecule has 0 radical (unpaired) electrons. The van der Waals surface area contributed by atoms with Crippen LogP contribution >= 0.6 is 0 Å². The highest BCUT2D eigenvalue weighted by atomic mass is 19.1. The van der Waals surface area contributed by atoms with Gasteiger partial charge in [0.15, 0.2) is 0 Å². The van der Waals surface area contributed by atoms with Crippen molar-refractivity contribution in [3.8, 4) is 0 Å². The standard InChI is InChI=1S/C9H7FN2O2/c10-7-3-1-2-6(4-7)5-8-11-12-9(13)14-8/h1-4H,5H2,(H,12,13). The van der Waals surface area contributed by atoms with Crippen LogP contribution in [0.3, 0.4) is 0 Å². The lowest BCUT2D eigenvalue weighted by molar-refractivity contribution is 0.471. The van der Waals surface area contributed by atoms with E-state index < -0.39 is 5.76 Å². The van der Waals surface area contributed by atoms with Crippen molar-refractivity contribution in [2.24, 2.45) is 0 Å². The van der Waals surface area contributed by atoms with Crippen molar-refractivity contribution in [3.05, 3.63) is 52.1 Å². The lowest BCUT2D eigenvalue weighted by Crippen LogP contribution is -1.94. The average molecular weight is 194 g/mol. The highest BCUT2D eigenvalue weighted by Crippen LogP contribution is 2.07. The van der Waals surface area contributed by atoms with Gasteiger partial charge in [-0.2, -0.15) is 0 Å². The Morgan fingerprint density at radius 3 is 3.00 bits per heavy atom. The van der Waals surface area contributed by atoms with E-state index in [1.54, 1.807) is 12.1 Å². The van der Waals surface area contributed by atoms with Crippen LogP contribution in [0.25, 0.3) is 0 Å². The predicted molar refractivity (Wildman–Crippen MR) is 46.3 cm³/mol. The third-order valence-electron chi connectivity index (χ3n) is 1.73. The van der Waals surface area contributed by atoms with Crippen molar-refractivity contribution in [1.29, 1.82) is 0 Å². The van der Waals surface area contributed by atoms with Gasteiger partial charge in [0.05, 0.1) is 6.42 Å². The first-order valence-corrected chi connectivity index (χ1v) is 4.03. The number of aromatic amines is 1. The summed E-state index contributed by atoms with van der Waals surface area (Å²) in [5, 5.41) is 5.75. The van der Waals surface area contributed by atoms with Crippen molar-refractivity contribution in [2.75, 3.05) is 0 Å². The fourth-order valence-electron chi connectivity index (χ4n) is 1.16. The molecular weight excluding hydrogens is 187 g/mol. The van der Waals surface area contributed by atoms with Gasteiger partial charge in [-0.05, 0) is 17.7 Å². The minimum absolute atomic E-state index is 0.251. The molecular formula is C9H7FN2O2. The molecule has 0 atom stereocenters. The van der Waals surface area contributed by atoms with Crippen molar-refractivity contribution < 1.29 is 8.81 Å². The van der Waals surface area contributed by atoms with Gasteiger partial charge in [0.2, 0.25) is 5.89 Å². The molecule has 0 saturated carbocycles. The largest absolute Gasteiger partial charge is 0.434 e. The number of rotatable bonds is 2. The molecule has 1 aromatic heterocycles. The first-order valence-electron chi connectivity index (χ1n) is 4.03. The van der Waals surface area contributed by atoms with Crippen molar-refractivity contribution in [1.82, 2.24) is 10.2 Å². The second-order valence-corrected chi connectivity index (χ2v) is 2.81. The first kappa shape index (κ1) is 8.68. The summed E-state index contributed by atoms with van der Waals surface area (Å²) in [7, 11) is 0. The molecule has 1 heterocycles. The van der Waals surface area contributed by atoms with E-state index in [1.807, 2.05) is 0 Å². The zero-order valence-electron chi connectivity index (χ0n) is 7.16. The zero-order valence-corrected chi connectivity index (χ0v) is 7.16. The average Bonchev–Trinajstić information content (AvgIpc) is 2.51. The summed E-state index contributed by atoms with van der Waals surface area (Å²) >= 11 is 0. The summed E-state index contributed by atoms with van der Waals surface area (Å²) in [6.07, 6.45) is 0.302. The maximum absolute atomic E-state index is 12.8. The first-order chi connectivity index (χ1) is 6.74. The van der Waals surface area contributed by atoms with Gasteiger partial charge in [-0.25, -0.2) is 14.3 Å². The van der Waals surface area contributed by atoms with Crippen LogP contribution in [-0.4, -0.2) is 10.2 Å². The van der Waals surface area contributed by atoms with E-state index in [0.717, 1.165) is 0 Å². The molecule has 2 rings (SSSR count). The molecule has 14 heavy (non-hydrogen) atoms. The van der Waals surface area contributed by atoms with Crippen LogP contribution in [0, 0.1) is 5.82 Å². The number of nitrogens with one attached hydrogen (secondary N) is 1. The molecule has 0 aliphatic rings. The molecule has 5 heteroatoms. The van der Waals surface area contributed by atoms with Gasteiger partial charge < -0.3 is 4.42 Å². The number of H-pyrrole nitrogens is 1. The molecule has 2 aromatic rings. The van der Waals surface area contributed by atoms with E-state index in [0.29, 0.717) is 12.0 Å². The van der Waals surface area contributed by atoms with Crippen LogP contribution in [0.2, 0.25) is 0 Å². The lowest BCUT2D eigenvalue weighted by Gasteiger charge is -1.95. The molecule has 1 aromatic carbocycles. The monoisotopic (exact) mass is 194 g/mol. The van der Waals surface area contributed by atoms with Crippen molar-refractivity contribution in [2.45, 2.75) is 6.42 Å². The van der Waals surface area contributed by atoms with Gasteiger partial charge in [-0.3, -0.25) is 0 Å². The highest BCUT2D eigenvalue weighted by molar-refractivity contribution is 5.18. The molecule has 0 unspecified atom stereocenters. The Labute approximate surface area is 78.4 Å². The normalized spacial score (nSPS) is 10.4. The molecule has 0 saturated heterocycles. The number of benzene rings is 1.